The van der Waals surface area contributed by atoms with Crippen LogP contribution in [0.1, 0.15) is 20.7 Å². The fraction of sp³-hybridized carbons (Fsp3) is 0. The zero-order valence-electron chi connectivity index (χ0n) is 10.8. The van der Waals surface area contributed by atoms with Crippen molar-refractivity contribution in [1.82, 2.24) is 0 Å². The van der Waals surface area contributed by atoms with E-state index < -0.39 is 11.9 Å². The number of fused-ring (bicyclic) bond motifs is 6. The zero-order valence-corrected chi connectivity index (χ0v) is 10.8. The van der Waals surface area contributed by atoms with Gasteiger partial charge in [-0.2, -0.15) is 0 Å². The molecule has 0 saturated carbocycles. The van der Waals surface area contributed by atoms with Gasteiger partial charge in [0.05, 0.1) is 11.1 Å². The van der Waals surface area contributed by atoms with Gasteiger partial charge in [0.2, 0.25) is 0 Å². The van der Waals surface area contributed by atoms with Crippen molar-refractivity contribution in [3.8, 4) is 11.5 Å². The molecule has 0 unspecified atom stereocenters. The maximum Gasteiger partial charge on any atom is 0.343 e. The van der Waals surface area contributed by atoms with Crippen molar-refractivity contribution in [1.29, 1.82) is 0 Å². The molecule has 104 valence electrons. The first-order chi connectivity index (χ1) is 10.2. The molecule has 0 saturated heterocycles. The van der Waals surface area contributed by atoms with E-state index in [1.165, 1.54) is 30.5 Å². The summed E-state index contributed by atoms with van der Waals surface area (Å²) in [7, 11) is 0. The summed E-state index contributed by atoms with van der Waals surface area (Å²) in [6.07, 6.45) is 2.39. The molecule has 0 aromatic heterocycles. The molecule has 5 heteroatoms. The lowest BCUT2D eigenvalue weighted by molar-refractivity contribution is 0.0654. The molecular formula is C16H10O5. The van der Waals surface area contributed by atoms with Gasteiger partial charge in [-0.3, -0.25) is 0 Å². The molecule has 0 N–H and O–H groups in total. The summed E-state index contributed by atoms with van der Waals surface area (Å²) in [5.74, 6) is -0.233. The molecule has 0 spiro atoms. The lowest BCUT2D eigenvalue weighted by atomic mass is 10.1. The van der Waals surface area contributed by atoms with E-state index in [9.17, 15) is 9.59 Å². The van der Waals surface area contributed by atoms with E-state index in [4.69, 9.17) is 14.2 Å². The minimum atomic E-state index is -0.541. The number of rotatable bonds is 0. The maximum absolute atomic E-state index is 12.0. The van der Waals surface area contributed by atoms with Gasteiger partial charge in [-0.25, -0.2) is 9.59 Å². The van der Waals surface area contributed by atoms with E-state index in [2.05, 4.69) is 0 Å². The average molecular weight is 282 g/mol. The summed E-state index contributed by atoms with van der Waals surface area (Å²) in [4.78, 5) is 23.7. The van der Waals surface area contributed by atoms with E-state index >= 15 is 0 Å². The third-order valence-corrected chi connectivity index (χ3v) is 2.81. The molecule has 2 aliphatic rings. The third-order valence-electron chi connectivity index (χ3n) is 2.81. The summed E-state index contributed by atoms with van der Waals surface area (Å²) in [5, 5.41) is 0. The highest BCUT2D eigenvalue weighted by Crippen LogP contribution is 2.21. The first kappa shape index (κ1) is 12.9. The van der Waals surface area contributed by atoms with Crippen molar-refractivity contribution < 1.29 is 23.8 Å². The molecule has 2 aromatic rings. The maximum atomic E-state index is 12.0. The second kappa shape index (κ2) is 5.50. The first-order valence-electron chi connectivity index (χ1n) is 6.17. The highest BCUT2D eigenvalue weighted by Gasteiger charge is 2.12. The van der Waals surface area contributed by atoms with Crippen LogP contribution in [0.25, 0.3) is 0 Å². The Morgan fingerprint density at radius 1 is 0.667 bits per heavy atom. The van der Waals surface area contributed by atoms with Gasteiger partial charge in [-0.15, -0.1) is 0 Å². The van der Waals surface area contributed by atoms with Crippen LogP contribution in [0.4, 0.5) is 0 Å². The van der Waals surface area contributed by atoms with Crippen LogP contribution in [0.5, 0.6) is 11.5 Å². The van der Waals surface area contributed by atoms with Crippen LogP contribution in [-0.2, 0) is 4.74 Å². The van der Waals surface area contributed by atoms with Crippen molar-refractivity contribution >= 4 is 11.9 Å². The van der Waals surface area contributed by atoms with Crippen LogP contribution in [0.3, 0.4) is 0 Å². The summed E-state index contributed by atoms with van der Waals surface area (Å²) < 4.78 is 15.4. The molecule has 0 aliphatic carbocycles. The van der Waals surface area contributed by atoms with Gasteiger partial charge in [-0.1, -0.05) is 6.07 Å². The predicted molar refractivity (Wildman–Crippen MR) is 73.0 cm³/mol. The van der Waals surface area contributed by atoms with Crippen LogP contribution in [0.2, 0.25) is 0 Å². The molecule has 4 bridgehead atoms. The Morgan fingerprint density at radius 3 is 2.05 bits per heavy atom. The van der Waals surface area contributed by atoms with Gasteiger partial charge < -0.3 is 14.2 Å². The minimum Gasteiger partial charge on any atom is -0.462 e. The zero-order chi connectivity index (χ0) is 14.7. The van der Waals surface area contributed by atoms with Crippen molar-refractivity contribution in [2.75, 3.05) is 0 Å². The Balaban J connectivity index is 1.99. The summed E-state index contributed by atoms with van der Waals surface area (Å²) in [6, 6.07) is 12.6. The second-order valence-electron chi connectivity index (χ2n) is 4.24. The number of carbonyl (C=O) groups is 2. The normalized spacial score (nSPS) is 13.9. The van der Waals surface area contributed by atoms with E-state index in [1.54, 1.807) is 24.3 Å². The molecule has 0 radical (unpaired) electrons. The van der Waals surface area contributed by atoms with Crippen molar-refractivity contribution in [3.63, 3.8) is 0 Å². The van der Waals surface area contributed by atoms with Crippen LogP contribution in [0.15, 0.2) is 61.1 Å². The monoisotopic (exact) mass is 282 g/mol. The topological polar surface area (TPSA) is 61.8 Å². The number of ether oxygens (including phenoxy) is 3. The Bertz CT molecular complexity index is 716. The lowest BCUT2D eigenvalue weighted by Crippen LogP contribution is -2.09. The number of benzene rings is 2. The Labute approximate surface area is 120 Å². The molecule has 5 nitrogen and oxygen atoms in total. The number of esters is 2. The van der Waals surface area contributed by atoms with Crippen molar-refractivity contribution in [2.45, 2.75) is 0 Å². The van der Waals surface area contributed by atoms with Crippen LogP contribution in [0, 0.1) is 0 Å². The highest BCUT2D eigenvalue weighted by atomic mass is 16.5. The molecule has 2 aliphatic heterocycles. The number of hydrogen-bond acceptors (Lipinski definition) is 5. The second-order valence-corrected chi connectivity index (χ2v) is 4.24. The first-order valence-corrected chi connectivity index (χ1v) is 6.17. The summed E-state index contributed by atoms with van der Waals surface area (Å²) in [5.41, 5.74) is 0.664. The van der Waals surface area contributed by atoms with Crippen molar-refractivity contribution in [3.05, 3.63) is 72.2 Å². The summed E-state index contributed by atoms with van der Waals surface area (Å²) in [6.45, 7) is 0. The van der Waals surface area contributed by atoms with Crippen LogP contribution >= 0.6 is 0 Å². The van der Waals surface area contributed by atoms with E-state index in [0.717, 1.165) is 6.26 Å². The largest absolute Gasteiger partial charge is 0.462 e. The Hall–Kier alpha value is -3.08. The third kappa shape index (κ3) is 2.92. The minimum absolute atomic E-state index is 0.326. The van der Waals surface area contributed by atoms with Crippen LogP contribution in [-0.4, -0.2) is 11.9 Å². The fourth-order valence-electron chi connectivity index (χ4n) is 1.78. The number of hydrogen-bond donors (Lipinski definition) is 0. The summed E-state index contributed by atoms with van der Waals surface area (Å²) >= 11 is 0. The molecule has 0 atom stereocenters. The average Bonchev–Trinajstić information content (AvgIpc) is 2.51. The number of carbonyl (C=O) groups excluding carboxylic acids is 2. The van der Waals surface area contributed by atoms with Gasteiger partial charge in [-0.05, 0) is 36.4 Å². The molecule has 2 heterocycles. The van der Waals surface area contributed by atoms with E-state index in [-0.39, 0.29) is 0 Å². The highest BCUT2D eigenvalue weighted by molar-refractivity contribution is 5.94. The van der Waals surface area contributed by atoms with E-state index in [1.807, 2.05) is 0 Å². The fourth-order valence-corrected chi connectivity index (χ4v) is 1.78. The van der Waals surface area contributed by atoms with Gasteiger partial charge in [0.15, 0.2) is 0 Å². The smallest absolute Gasteiger partial charge is 0.343 e. The SMILES string of the molecule is O=C1OC=COc2cccc(c2)OC(=O)c2ccc1cc2. The molecule has 21 heavy (non-hydrogen) atoms. The van der Waals surface area contributed by atoms with E-state index in [0.29, 0.717) is 22.6 Å². The van der Waals surface area contributed by atoms with Gasteiger partial charge in [0, 0.05) is 6.07 Å². The molecule has 4 rings (SSSR count). The Morgan fingerprint density at radius 2 is 1.29 bits per heavy atom. The van der Waals surface area contributed by atoms with Crippen molar-refractivity contribution in [2.24, 2.45) is 0 Å². The standard InChI is InChI=1S/C16H10O5/c17-15-11-4-6-12(7-5-11)16(18)21-14-3-1-2-13(10-14)19-8-9-20-15/h1-10H. The molecule has 0 fully saturated rings. The van der Waals surface area contributed by atoms with Gasteiger partial charge in [0.25, 0.3) is 0 Å². The predicted octanol–water partition coefficient (Wildman–Crippen LogP) is 2.93. The molecule has 0 amide bonds. The Kier molecular flexibility index (Phi) is 3.39. The quantitative estimate of drug-likeness (QED) is 0.549. The lowest BCUT2D eigenvalue weighted by Gasteiger charge is -2.08. The van der Waals surface area contributed by atoms with Gasteiger partial charge in [0.1, 0.15) is 24.0 Å². The molecular weight excluding hydrogens is 272 g/mol. The van der Waals surface area contributed by atoms with Crippen LogP contribution < -0.4 is 9.47 Å². The van der Waals surface area contributed by atoms with Gasteiger partial charge >= 0.3 is 11.9 Å². The molecule has 2 aromatic carbocycles.